The van der Waals surface area contributed by atoms with Crippen molar-refractivity contribution in [1.82, 2.24) is 15.2 Å². The Hall–Kier alpha value is -2.43. The van der Waals surface area contributed by atoms with E-state index in [0.29, 0.717) is 16.7 Å². The molecule has 5 heteroatoms. The van der Waals surface area contributed by atoms with Crippen LogP contribution in [0.1, 0.15) is 0 Å². The SMILES string of the molecule is Nc1ccccc1-c1cnnc2[nH]c(F)cc12. The number of nitrogens with zero attached hydrogens (tertiary/aromatic N) is 2. The van der Waals surface area contributed by atoms with Gasteiger partial charge in [-0.1, -0.05) is 18.2 Å². The zero-order valence-corrected chi connectivity index (χ0v) is 8.81. The lowest BCUT2D eigenvalue weighted by molar-refractivity contribution is 0.594. The number of hydrogen-bond donors (Lipinski definition) is 2. The summed E-state index contributed by atoms with van der Waals surface area (Å²) < 4.78 is 13.2. The first-order valence-electron chi connectivity index (χ1n) is 5.10. The van der Waals surface area contributed by atoms with Crippen molar-refractivity contribution in [3.8, 4) is 11.1 Å². The molecule has 17 heavy (non-hydrogen) atoms. The third-order valence-corrected chi connectivity index (χ3v) is 2.65. The van der Waals surface area contributed by atoms with E-state index in [1.807, 2.05) is 18.2 Å². The van der Waals surface area contributed by atoms with E-state index in [2.05, 4.69) is 15.2 Å². The van der Waals surface area contributed by atoms with Crippen LogP contribution in [0.3, 0.4) is 0 Å². The van der Waals surface area contributed by atoms with Crippen molar-refractivity contribution in [3.63, 3.8) is 0 Å². The minimum absolute atomic E-state index is 0.420. The van der Waals surface area contributed by atoms with Crippen molar-refractivity contribution < 1.29 is 4.39 Å². The highest BCUT2D eigenvalue weighted by Gasteiger charge is 2.10. The molecule has 0 atom stereocenters. The third-order valence-electron chi connectivity index (χ3n) is 2.65. The molecule has 0 amide bonds. The number of aromatic amines is 1. The van der Waals surface area contributed by atoms with Crippen molar-refractivity contribution in [2.75, 3.05) is 5.73 Å². The predicted molar refractivity (Wildman–Crippen MR) is 63.7 cm³/mol. The van der Waals surface area contributed by atoms with Crippen molar-refractivity contribution in [3.05, 3.63) is 42.5 Å². The van der Waals surface area contributed by atoms with Gasteiger partial charge in [0.25, 0.3) is 0 Å². The number of fused-ring (bicyclic) bond motifs is 1. The average Bonchev–Trinajstić information content (AvgIpc) is 2.70. The Morgan fingerprint density at radius 3 is 2.82 bits per heavy atom. The van der Waals surface area contributed by atoms with Crippen LogP contribution in [-0.2, 0) is 0 Å². The fraction of sp³-hybridized carbons (Fsp3) is 0. The van der Waals surface area contributed by atoms with Crippen LogP contribution in [0, 0.1) is 5.95 Å². The van der Waals surface area contributed by atoms with Gasteiger partial charge in [0.15, 0.2) is 11.6 Å². The standard InChI is InChI=1S/C12H9FN4/c13-11-5-8-9(6-15-17-12(8)16-11)7-3-1-2-4-10(7)14/h1-6H,14H2,(H,16,17). The van der Waals surface area contributed by atoms with Crippen molar-refractivity contribution in [2.24, 2.45) is 0 Å². The van der Waals surface area contributed by atoms with Gasteiger partial charge in [0.1, 0.15) is 0 Å². The maximum atomic E-state index is 13.2. The molecule has 0 unspecified atom stereocenters. The smallest absolute Gasteiger partial charge is 0.193 e. The first kappa shape index (κ1) is 9.77. The molecule has 0 bridgehead atoms. The normalized spacial score (nSPS) is 10.9. The van der Waals surface area contributed by atoms with Gasteiger partial charge in [-0.3, -0.25) is 0 Å². The van der Waals surface area contributed by atoms with Crippen molar-refractivity contribution >= 4 is 16.7 Å². The largest absolute Gasteiger partial charge is 0.398 e. The van der Waals surface area contributed by atoms with E-state index < -0.39 is 5.95 Å². The monoisotopic (exact) mass is 228 g/mol. The summed E-state index contributed by atoms with van der Waals surface area (Å²) in [4.78, 5) is 2.51. The van der Waals surface area contributed by atoms with Crippen LogP contribution in [0.25, 0.3) is 22.2 Å². The molecule has 3 N–H and O–H groups in total. The molecule has 0 aliphatic carbocycles. The fourth-order valence-corrected chi connectivity index (χ4v) is 1.87. The Labute approximate surface area is 96.3 Å². The van der Waals surface area contributed by atoms with Gasteiger partial charge in [0.05, 0.1) is 6.20 Å². The van der Waals surface area contributed by atoms with Crippen LogP contribution in [0.15, 0.2) is 36.5 Å². The number of para-hydroxylation sites is 1. The molecule has 0 fully saturated rings. The maximum Gasteiger partial charge on any atom is 0.193 e. The minimum Gasteiger partial charge on any atom is -0.398 e. The van der Waals surface area contributed by atoms with E-state index in [0.717, 1.165) is 11.1 Å². The Balaban J connectivity index is 2.34. The first-order valence-corrected chi connectivity index (χ1v) is 5.10. The summed E-state index contributed by atoms with van der Waals surface area (Å²) >= 11 is 0. The average molecular weight is 228 g/mol. The van der Waals surface area contributed by atoms with E-state index >= 15 is 0 Å². The van der Waals surface area contributed by atoms with Gasteiger partial charge in [-0.15, -0.1) is 5.10 Å². The number of nitrogens with two attached hydrogens (primary N) is 1. The van der Waals surface area contributed by atoms with Gasteiger partial charge >= 0.3 is 0 Å². The van der Waals surface area contributed by atoms with Gasteiger partial charge < -0.3 is 10.7 Å². The lowest BCUT2D eigenvalue weighted by Gasteiger charge is -2.05. The third kappa shape index (κ3) is 1.52. The second kappa shape index (κ2) is 3.55. The number of benzene rings is 1. The van der Waals surface area contributed by atoms with E-state index in [4.69, 9.17) is 5.73 Å². The highest BCUT2D eigenvalue weighted by Crippen LogP contribution is 2.30. The second-order valence-corrected chi connectivity index (χ2v) is 3.73. The topological polar surface area (TPSA) is 67.6 Å². The van der Waals surface area contributed by atoms with Crippen LogP contribution in [-0.4, -0.2) is 15.2 Å². The molecule has 0 aliphatic heterocycles. The van der Waals surface area contributed by atoms with Crippen LogP contribution >= 0.6 is 0 Å². The number of nitrogens with one attached hydrogen (secondary N) is 1. The quantitative estimate of drug-likeness (QED) is 0.628. The van der Waals surface area contributed by atoms with Gasteiger partial charge in [-0.25, -0.2) is 0 Å². The van der Waals surface area contributed by atoms with E-state index in [9.17, 15) is 4.39 Å². The molecule has 0 aliphatic rings. The second-order valence-electron chi connectivity index (χ2n) is 3.73. The van der Waals surface area contributed by atoms with E-state index in [1.165, 1.54) is 6.07 Å². The van der Waals surface area contributed by atoms with Gasteiger partial charge in [0.2, 0.25) is 0 Å². The fourth-order valence-electron chi connectivity index (χ4n) is 1.87. The van der Waals surface area contributed by atoms with Crippen LogP contribution in [0.4, 0.5) is 10.1 Å². The summed E-state index contributed by atoms with van der Waals surface area (Å²) in [7, 11) is 0. The zero-order chi connectivity index (χ0) is 11.8. The Morgan fingerprint density at radius 1 is 1.18 bits per heavy atom. The summed E-state index contributed by atoms with van der Waals surface area (Å²) in [5.41, 5.74) is 8.54. The Bertz CT molecular complexity index is 690. The van der Waals surface area contributed by atoms with Crippen molar-refractivity contribution in [1.29, 1.82) is 0 Å². The molecule has 3 rings (SSSR count). The van der Waals surface area contributed by atoms with Crippen molar-refractivity contribution in [2.45, 2.75) is 0 Å². The first-order chi connectivity index (χ1) is 8.25. The summed E-state index contributed by atoms with van der Waals surface area (Å²) in [5.74, 6) is -0.434. The summed E-state index contributed by atoms with van der Waals surface area (Å²) in [6.45, 7) is 0. The lowest BCUT2D eigenvalue weighted by Crippen LogP contribution is -1.91. The molecular formula is C12H9FN4. The van der Waals surface area contributed by atoms with Crippen LogP contribution in [0.2, 0.25) is 0 Å². The summed E-state index contributed by atoms with van der Waals surface area (Å²) in [6, 6.07) is 8.79. The molecule has 2 aromatic heterocycles. The van der Waals surface area contributed by atoms with E-state index in [1.54, 1.807) is 12.3 Å². The Morgan fingerprint density at radius 2 is 2.00 bits per heavy atom. The number of halogens is 1. The minimum atomic E-state index is -0.434. The number of H-pyrrole nitrogens is 1. The zero-order valence-electron chi connectivity index (χ0n) is 8.81. The molecule has 3 aromatic rings. The molecule has 0 spiro atoms. The molecule has 1 aromatic carbocycles. The molecule has 4 nitrogen and oxygen atoms in total. The predicted octanol–water partition coefficient (Wildman–Crippen LogP) is 2.35. The Kier molecular flexibility index (Phi) is 2.04. The molecule has 2 heterocycles. The molecule has 0 saturated heterocycles. The highest BCUT2D eigenvalue weighted by molar-refractivity contribution is 5.95. The molecule has 0 saturated carbocycles. The number of nitrogen functional groups attached to an aromatic ring is 1. The number of aromatic nitrogens is 3. The number of anilines is 1. The van der Waals surface area contributed by atoms with E-state index in [-0.39, 0.29) is 0 Å². The lowest BCUT2D eigenvalue weighted by atomic mass is 10.0. The highest BCUT2D eigenvalue weighted by atomic mass is 19.1. The molecule has 84 valence electrons. The number of hydrogen-bond acceptors (Lipinski definition) is 3. The summed E-state index contributed by atoms with van der Waals surface area (Å²) in [5, 5.41) is 8.35. The van der Waals surface area contributed by atoms with Gasteiger partial charge in [-0.2, -0.15) is 9.49 Å². The molecule has 0 radical (unpaired) electrons. The summed E-state index contributed by atoms with van der Waals surface area (Å²) in [6.07, 6.45) is 1.58. The van der Waals surface area contributed by atoms with Crippen LogP contribution < -0.4 is 5.73 Å². The number of rotatable bonds is 1. The maximum absolute atomic E-state index is 13.2. The van der Waals surface area contributed by atoms with Gasteiger partial charge in [-0.05, 0) is 6.07 Å². The van der Waals surface area contributed by atoms with Crippen LogP contribution in [0.5, 0.6) is 0 Å². The molecular weight excluding hydrogens is 219 g/mol. The van der Waals surface area contributed by atoms with Gasteiger partial charge in [0, 0.05) is 28.3 Å².